The van der Waals surface area contributed by atoms with Gasteiger partial charge in [0.15, 0.2) is 0 Å². The Morgan fingerprint density at radius 3 is 2.21 bits per heavy atom. The lowest BCUT2D eigenvalue weighted by Crippen LogP contribution is -2.36. The minimum absolute atomic E-state index is 0.390. The summed E-state index contributed by atoms with van der Waals surface area (Å²) in [5.74, 6) is -0.410. The molecule has 0 aromatic carbocycles. The molecule has 0 spiro atoms. The number of unbranched alkanes of at least 4 members (excludes halogenated alkanes) is 1. The topological polar surface area (TPSA) is 46.6 Å². The van der Waals surface area contributed by atoms with Crippen LogP contribution in [-0.2, 0) is 14.8 Å². The van der Waals surface area contributed by atoms with Crippen LogP contribution in [0, 0.1) is 0 Å². The molecule has 0 saturated heterocycles. The van der Waals surface area contributed by atoms with E-state index in [0.29, 0.717) is 19.5 Å². The van der Waals surface area contributed by atoms with Crippen LogP contribution < -0.4 is 0 Å². The van der Waals surface area contributed by atoms with Crippen molar-refractivity contribution in [3.63, 3.8) is 0 Å². The molecule has 0 N–H and O–H groups in total. The SMILES string of the molecule is CCCCN(CCC)S(=O)(=O)CCOCC(F)(F)F. The maximum Gasteiger partial charge on any atom is 0.411 e. The average Bonchev–Trinajstić information content (AvgIpc) is 2.29. The van der Waals surface area contributed by atoms with E-state index in [0.717, 1.165) is 12.8 Å². The Morgan fingerprint density at radius 2 is 1.74 bits per heavy atom. The third-order valence-corrected chi connectivity index (χ3v) is 4.21. The van der Waals surface area contributed by atoms with E-state index in [9.17, 15) is 21.6 Å². The maximum absolute atomic E-state index is 11.9. The van der Waals surface area contributed by atoms with Crippen molar-refractivity contribution in [3.05, 3.63) is 0 Å². The fraction of sp³-hybridized carbons (Fsp3) is 1.00. The first-order valence-electron chi connectivity index (χ1n) is 6.35. The Hall–Kier alpha value is -0.340. The molecule has 0 radical (unpaired) electrons. The van der Waals surface area contributed by atoms with E-state index in [1.54, 1.807) is 0 Å². The molecule has 8 heteroatoms. The average molecular weight is 305 g/mol. The predicted octanol–water partition coefficient (Wildman–Crippen LogP) is 2.41. The summed E-state index contributed by atoms with van der Waals surface area (Å²) in [6.07, 6.45) is -2.15. The zero-order valence-electron chi connectivity index (χ0n) is 11.4. The van der Waals surface area contributed by atoms with Crippen molar-refractivity contribution in [2.75, 3.05) is 32.1 Å². The van der Waals surface area contributed by atoms with Gasteiger partial charge in [0.05, 0.1) is 12.4 Å². The Kier molecular flexibility index (Phi) is 8.60. The molecule has 0 aromatic heterocycles. The molecule has 0 aliphatic carbocycles. The molecule has 0 saturated carbocycles. The normalized spacial score (nSPS) is 13.2. The molecule has 4 nitrogen and oxygen atoms in total. The van der Waals surface area contributed by atoms with Gasteiger partial charge in [0.1, 0.15) is 6.61 Å². The van der Waals surface area contributed by atoms with Crippen molar-refractivity contribution in [1.82, 2.24) is 4.31 Å². The predicted molar refractivity (Wildman–Crippen MR) is 67.4 cm³/mol. The molecule has 0 aromatic rings. The van der Waals surface area contributed by atoms with Gasteiger partial charge in [-0.25, -0.2) is 12.7 Å². The first-order chi connectivity index (χ1) is 8.73. The molecule has 0 atom stereocenters. The molecule has 0 rings (SSSR count). The molecule has 0 unspecified atom stereocenters. The third kappa shape index (κ3) is 9.23. The lowest BCUT2D eigenvalue weighted by molar-refractivity contribution is -0.172. The van der Waals surface area contributed by atoms with Crippen molar-refractivity contribution in [3.8, 4) is 0 Å². The van der Waals surface area contributed by atoms with Crippen LogP contribution in [-0.4, -0.2) is 51.0 Å². The van der Waals surface area contributed by atoms with Crippen molar-refractivity contribution in [2.24, 2.45) is 0 Å². The van der Waals surface area contributed by atoms with Gasteiger partial charge in [-0.1, -0.05) is 20.3 Å². The largest absolute Gasteiger partial charge is 0.411 e. The number of hydrogen-bond acceptors (Lipinski definition) is 3. The van der Waals surface area contributed by atoms with Crippen LogP contribution >= 0.6 is 0 Å². The summed E-state index contributed by atoms with van der Waals surface area (Å²) < 4.78 is 65.0. The number of nitrogens with zero attached hydrogens (tertiary/aromatic N) is 1. The van der Waals surface area contributed by atoms with Gasteiger partial charge in [-0.3, -0.25) is 0 Å². The van der Waals surface area contributed by atoms with E-state index in [1.807, 2.05) is 13.8 Å². The summed E-state index contributed by atoms with van der Waals surface area (Å²) in [5.41, 5.74) is 0. The Morgan fingerprint density at radius 1 is 1.11 bits per heavy atom. The summed E-state index contributed by atoms with van der Waals surface area (Å²) in [7, 11) is -3.53. The lowest BCUT2D eigenvalue weighted by atomic mass is 10.3. The van der Waals surface area contributed by atoms with Crippen LogP contribution in [0.15, 0.2) is 0 Å². The molecular formula is C11H22F3NO3S. The highest BCUT2D eigenvalue weighted by Crippen LogP contribution is 2.14. The summed E-state index contributed by atoms with van der Waals surface area (Å²) in [6.45, 7) is 2.75. The minimum atomic E-state index is -4.42. The van der Waals surface area contributed by atoms with Crippen molar-refractivity contribution < 1.29 is 26.3 Å². The van der Waals surface area contributed by atoms with E-state index in [1.165, 1.54) is 4.31 Å². The second-order valence-corrected chi connectivity index (χ2v) is 6.32. The molecule has 0 fully saturated rings. The number of halogens is 3. The highest BCUT2D eigenvalue weighted by Gasteiger charge is 2.28. The summed E-state index contributed by atoms with van der Waals surface area (Å²) >= 11 is 0. The summed E-state index contributed by atoms with van der Waals surface area (Å²) in [5, 5.41) is 0. The highest BCUT2D eigenvalue weighted by atomic mass is 32.2. The summed E-state index contributed by atoms with van der Waals surface area (Å²) in [6, 6.07) is 0. The van der Waals surface area contributed by atoms with Crippen molar-refractivity contribution in [2.45, 2.75) is 39.3 Å². The van der Waals surface area contributed by atoms with Crippen molar-refractivity contribution >= 4 is 10.0 Å². The Bertz CT molecular complexity index is 331. The van der Waals surface area contributed by atoms with E-state index in [4.69, 9.17) is 0 Å². The molecule has 0 heterocycles. The van der Waals surface area contributed by atoms with Gasteiger partial charge in [-0.05, 0) is 12.8 Å². The molecule has 0 aliphatic rings. The molecule has 0 amide bonds. The number of hydrogen-bond donors (Lipinski definition) is 0. The van der Waals surface area contributed by atoms with Gasteiger partial charge < -0.3 is 4.74 Å². The lowest BCUT2D eigenvalue weighted by Gasteiger charge is -2.21. The number of ether oxygens (including phenoxy) is 1. The van der Waals surface area contributed by atoms with Crippen LogP contribution in [0.1, 0.15) is 33.1 Å². The molecule has 0 bridgehead atoms. The van der Waals surface area contributed by atoms with E-state index >= 15 is 0 Å². The van der Waals surface area contributed by atoms with Gasteiger partial charge >= 0.3 is 6.18 Å². The van der Waals surface area contributed by atoms with Crippen LogP contribution in [0.3, 0.4) is 0 Å². The van der Waals surface area contributed by atoms with Crippen LogP contribution in [0.5, 0.6) is 0 Å². The second kappa shape index (κ2) is 8.76. The van der Waals surface area contributed by atoms with Gasteiger partial charge in [0.2, 0.25) is 10.0 Å². The molecule has 116 valence electrons. The van der Waals surface area contributed by atoms with Gasteiger partial charge in [0.25, 0.3) is 0 Å². The van der Waals surface area contributed by atoms with Crippen LogP contribution in [0.25, 0.3) is 0 Å². The van der Waals surface area contributed by atoms with Crippen molar-refractivity contribution in [1.29, 1.82) is 0 Å². The van der Waals surface area contributed by atoms with Crippen LogP contribution in [0.4, 0.5) is 13.2 Å². The third-order valence-electron chi connectivity index (χ3n) is 2.38. The van der Waals surface area contributed by atoms with Gasteiger partial charge in [-0.2, -0.15) is 13.2 Å². The Labute approximate surface area is 113 Å². The van der Waals surface area contributed by atoms with Gasteiger partial charge in [0, 0.05) is 13.1 Å². The second-order valence-electron chi connectivity index (χ2n) is 4.24. The Balaban J connectivity index is 4.24. The first kappa shape index (κ1) is 18.7. The van der Waals surface area contributed by atoms with Crippen LogP contribution in [0.2, 0.25) is 0 Å². The van der Waals surface area contributed by atoms with E-state index in [2.05, 4.69) is 4.74 Å². The molecule has 0 aliphatic heterocycles. The zero-order valence-corrected chi connectivity index (χ0v) is 12.2. The van der Waals surface area contributed by atoms with E-state index < -0.39 is 35.2 Å². The minimum Gasteiger partial charge on any atom is -0.371 e. The fourth-order valence-corrected chi connectivity index (χ4v) is 2.91. The molecular weight excluding hydrogens is 283 g/mol. The monoisotopic (exact) mass is 305 g/mol. The smallest absolute Gasteiger partial charge is 0.371 e. The number of rotatable bonds is 10. The highest BCUT2D eigenvalue weighted by molar-refractivity contribution is 7.89. The summed E-state index contributed by atoms with van der Waals surface area (Å²) in [4.78, 5) is 0. The maximum atomic E-state index is 11.9. The van der Waals surface area contributed by atoms with E-state index in [-0.39, 0.29) is 0 Å². The zero-order chi connectivity index (χ0) is 14.9. The number of alkyl halides is 3. The van der Waals surface area contributed by atoms with Gasteiger partial charge in [-0.15, -0.1) is 0 Å². The first-order valence-corrected chi connectivity index (χ1v) is 7.96. The standard InChI is InChI=1S/C11H22F3NO3S/c1-3-5-7-15(6-4-2)19(16,17)9-8-18-10-11(12,13)14/h3-10H2,1-2H3. The quantitative estimate of drug-likeness (QED) is 0.582. The molecule has 19 heavy (non-hydrogen) atoms. The number of sulfonamides is 1. The fourth-order valence-electron chi connectivity index (χ4n) is 1.46.